The van der Waals surface area contributed by atoms with Gasteiger partial charge in [-0.25, -0.2) is 4.79 Å². The lowest BCUT2D eigenvalue weighted by Crippen LogP contribution is -2.00. The predicted molar refractivity (Wildman–Crippen MR) is 56.3 cm³/mol. The highest BCUT2D eigenvalue weighted by Crippen LogP contribution is 2.17. The van der Waals surface area contributed by atoms with Crippen molar-refractivity contribution in [1.82, 2.24) is 4.98 Å². The van der Waals surface area contributed by atoms with Crippen LogP contribution in [0.2, 0.25) is 0 Å². The van der Waals surface area contributed by atoms with Crippen molar-refractivity contribution in [2.24, 2.45) is 0 Å². The number of carbonyl (C=O) groups excluding carboxylic acids is 1. The largest absolute Gasteiger partial charge is 0.465 e. The minimum Gasteiger partial charge on any atom is -0.465 e. The first kappa shape index (κ1) is 9.21. The number of carbonyl (C=O) groups is 1. The first-order valence-corrected chi connectivity index (χ1v) is 4.77. The molecule has 0 saturated heterocycles. The quantitative estimate of drug-likeness (QED) is 0.510. The number of benzene rings is 1. The molecule has 0 bridgehead atoms. The molecular formula is C9H6BNO2S. The highest BCUT2D eigenvalue weighted by atomic mass is 32.1. The smallest absolute Gasteiger partial charge is 0.337 e. The van der Waals surface area contributed by atoms with Gasteiger partial charge in [-0.2, -0.15) is 0 Å². The molecule has 5 heteroatoms. The molecule has 0 N–H and O–H groups in total. The van der Waals surface area contributed by atoms with Crippen molar-refractivity contribution in [1.29, 1.82) is 0 Å². The topological polar surface area (TPSA) is 39.2 Å². The molecule has 0 spiro atoms. The molecule has 0 saturated carbocycles. The summed E-state index contributed by atoms with van der Waals surface area (Å²) < 4.78 is 5.50. The van der Waals surface area contributed by atoms with Gasteiger partial charge in [0.2, 0.25) is 0 Å². The second-order valence-corrected chi connectivity index (χ2v) is 3.79. The number of methoxy groups -OCH3 is 1. The van der Waals surface area contributed by atoms with Gasteiger partial charge in [-0.05, 0) is 18.2 Å². The number of ether oxygens (including phenoxy) is 1. The van der Waals surface area contributed by atoms with Crippen LogP contribution in [-0.4, -0.2) is 25.9 Å². The molecule has 0 fully saturated rings. The lowest BCUT2D eigenvalue weighted by molar-refractivity contribution is 0.0601. The summed E-state index contributed by atoms with van der Waals surface area (Å²) in [5.41, 5.74) is 1.32. The monoisotopic (exact) mass is 203 g/mol. The Kier molecular flexibility index (Phi) is 2.25. The van der Waals surface area contributed by atoms with E-state index < -0.39 is 0 Å². The average Bonchev–Trinajstić information content (AvgIpc) is 2.55. The van der Waals surface area contributed by atoms with Crippen LogP contribution in [0.1, 0.15) is 10.4 Å². The van der Waals surface area contributed by atoms with E-state index in [1.165, 1.54) is 18.4 Å². The summed E-state index contributed by atoms with van der Waals surface area (Å²) in [5, 5.41) is 0. The highest BCUT2D eigenvalue weighted by Gasteiger charge is 2.07. The lowest BCUT2D eigenvalue weighted by atomic mass is 10.2. The van der Waals surface area contributed by atoms with Gasteiger partial charge >= 0.3 is 5.97 Å². The van der Waals surface area contributed by atoms with Crippen LogP contribution in [0.4, 0.5) is 0 Å². The van der Waals surface area contributed by atoms with Crippen LogP contribution < -0.4 is 4.91 Å². The van der Waals surface area contributed by atoms with E-state index >= 15 is 0 Å². The number of thiazole rings is 1. The molecular weight excluding hydrogens is 197 g/mol. The third kappa shape index (κ3) is 1.51. The van der Waals surface area contributed by atoms with Gasteiger partial charge in [0, 0.05) is 4.91 Å². The van der Waals surface area contributed by atoms with Crippen molar-refractivity contribution in [2.45, 2.75) is 0 Å². The lowest BCUT2D eigenvalue weighted by Gasteiger charge is -1.97. The molecule has 0 aliphatic carbocycles. The van der Waals surface area contributed by atoms with Crippen molar-refractivity contribution in [3.05, 3.63) is 23.8 Å². The molecule has 0 aliphatic heterocycles. The summed E-state index contributed by atoms with van der Waals surface area (Å²) in [4.78, 5) is 15.8. The second kappa shape index (κ2) is 3.42. The molecule has 14 heavy (non-hydrogen) atoms. The van der Waals surface area contributed by atoms with Crippen molar-refractivity contribution in [2.75, 3.05) is 7.11 Å². The average molecular weight is 203 g/mol. The van der Waals surface area contributed by atoms with E-state index in [0.717, 1.165) is 10.2 Å². The molecule has 2 aromatic rings. The first-order valence-electron chi connectivity index (χ1n) is 3.95. The van der Waals surface area contributed by atoms with Crippen LogP contribution in [0.3, 0.4) is 0 Å². The SMILES string of the molecule is [B]c1nc2ccc(C(=O)OC)cc2s1. The van der Waals surface area contributed by atoms with Crippen molar-refractivity contribution >= 4 is 40.3 Å². The number of nitrogens with zero attached hydrogens (tertiary/aromatic N) is 1. The third-order valence-electron chi connectivity index (χ3n) is 1.83. The van der Waals surface area contributed by atoms with Gasteiger partial charge in [-0.3, -0.25) is 4.98 Å². The van der Waals surface area contributed by atoms with Gasteiger partial charge in [0.05, 0.1) is 22.9 Å². The number of esters is 1. The molecule has 2 radical (unpaired) electrons. The summed E-state index contributed by atoms with van der Waals surface area (Å²) in [6.07, 6.45) is 0. The van der Waals surface area contributed by atoms with Gasteiger partial charge in [-0.15, -0.1) is 11.3 Å². The Balaban J connectivity index is 2.55. The fraction of sp³-hybridized carbons (Fsp3) is 0.111. The van der Waals surface area contributed by atoms with Gasteiger partial charge < -0.3 is 4.74 Å². The Bertz CT molecular complexity index is 495. The van der Waals surface area contributed by atoms with Crippen LogP contribution in [0.15, 0.2) is 18.2 Å². The van der Waals surface area contributed by atoms with Crippen molar-refractivity contribution < 1.29 is 9.53 Å². The molecule has 0 aliphatic rings. The van der Waals surface area contributed by atoms with Gasteiger partial charge in [0.15, 0.2) is 7.85 Å². The van der Waals surface area contributed by atoms with Gasteiger partial charge in [-0.1, -0.05) is 0 Å². The Morgan fingerprint density at radius 3 is 3.07 bits per heavy atom. The maximum atomic E-state index is 11.2. The highest BCUT2D eigenvalue weighted by molar-refractivity contribution is 7.25. The molecule has 1 aromatic heterocycles. The van der Waals surface area contributed by atoms with Crippen LogP contribution >= 0.6 is 11.3 Å². The molecule has 0 amide bonds. The van der Waals surface area contributed by atoms with Crippen LogP contribution in [0, 0.1) is 0 Å². The van der Waals surface area contributed by atoms with E-state index in [9.17, 15) is 4.79 Å². The standard InChI is InChI=1S/C9H6BNO2S/c1-13-8(12)5-2-3-6-7(4-5)14-9(10)11-6/h2-4H,1H3. The van der Waals surface area contributed by atoms with Crippen molar-refractivity contribution in [3.8, 4) is 0 Å². The van der Waals surface area contributed by atoms with Crippen molar-refractivity contribution in [3.63, 3.8) is 0 Å². The molecule has 0 atom stereocenters. The number of hydrogen-bond donors (Lipinski definition) is 0. The van der Waals surface area contributed by atoms with Crippen LogP contribution in [0.25, 0.3) is 10.2 Å². The molecule has 0 unspecified atom stereocenters. The van der Waals surface area contributed by atoms with Gasteiger partial charge in [0.25, 0.3) is 0 Å². The van der Waals surface area contributed by atoms with Gasteiger partial charge in [0.1, 0.15) is 0 Å². The summed E-state index contributed by atoms with van der Waals surface area (Å²) in [7, 11) is 6.90. The number of fused-ring (bicyclic) bond motifs is 1. The van der Waals surface area contributed by atoms with Crippen LogP contribution in [-0.2, 0) is 4.74 Å². The van der Waals surface area contributed by atoms with E-state index in [0.29, 0.717) is 10.5 Å². The minimum atomic E-state index is -0.348. The molecule has 68 valence electrons. The summed E-state index contributed by atoms with van der Waals surface area (Å²) >= 11 is 1.35. The second-order valence-electron chi connectivity index (χ2n) is 2.73. The number of aromatic nitrogens is 1. The number of rotatable bonds is 1. The van der Waals surface area contributed by atoms with E-state index in [1.54, 1.807) is 18.2 Å². The Morgan fingerprint density at radius 1 is 1.57 bits per heavy atom. The minimum absolute atomic E-state index is 0.348. The van der Waals surface area contributed by atoms with E-state index in [-0.39, 0.29) is 5.97 Å². The Labute approximate surface area is 86.1 Å². The maximum Gasteiger partial charge on any atom is 0.337 e. The zero-order valence-corrected chi connectivity index (χ0v) is 8.30. The zero-order chi connectivity index (χ0) is 10.1. The number of hydrogen-bond acceptors (Lipinski definition) is 4. The third-order valence-corrected chi connectivity index (χ3v) is 2.67. The van der Waals surface area contributed by atoms with E-state index in [1.807, 2.05) is 0 Å². The normalized spacial score (nSPS) is 10.4. The molecule has 1 aromatic carbocycles. The van der Waals surface area contributed by atoms with E-state index in [4.69, 9.17) is 7.85 Å². The van der Waals surface area contributed by atoms with E-state index in [2.05, 4.69) is 9.72 Å². The fourth-order valence-electron chi connectivity index (χ4n) is 1.19. The van der Waals surface area contributed by atoms with Crippen LogP contribution in [0.5, 0.6) is 0 Å². The summed E-state index contributed by atoms with van der Waals surface area (Å²) in [6.45, 7) is 0. The maximum absolute atomic E-state index is 11.2. The zero-order valence-electron chi connectivity index (χ0n) is 7.48. The predicted octanol–water partition coefficient (Wildman–Crippen LogP) is 0.877. The first-order chi connectivity index (χ1) is 6.70. The molecule has 1 heterocycles. The molecule has 3 nitrogen and oxygen atoms in total. The Hall–Kier alpha value is -1.36. The fourth-order valence-corrected chi connectivity index (χ4v) is 1.96. The molecule has 2 rings (SSSR count). The summed E-state index contributed by atoms with van der Waals surface area (Å²) in [6, 6.07) is 5.16. The summed E-state index contributed by atoms with van der Waals surface area (Å²) in [5.74, 6) is -0.348. The Morgan fingerprint density at radius 2 is 2.36 bits per heavy atom.